The van der Waals surface area contributed by atoms with Crippen LogP contribution in [0.4, 0.5) is 0 Å². The summed E-state index contributed by atoms with van der Waals surface area (Å²) < 4.78 is 2.33. The van der Waals surface area contributed by atoms with Gasteiger partial charge in [0.1, 0.15) is 6.54 Å². The van der Waals surface area contributed by atoms with Crippen molar-refractivity contribution in [1.29, 1.82) is 5.26 Å². The molecule has 2 heteroatoms. The number of pyridine rings is 1. The molecule has 0 aliphatic rings. The van der Waals surface area contributed by atoms with E-state index in [2.05, 4.69) is 42.9 Å². The van der Waals surface area contributed by atoms with Crippen LogP contribution in [0.1, 0.15) is 77.2 Å². The Bertz CT molecular complexity index is 340. The molecule has 21 heavy (non-hydrogen) atoms. The highest BCUT2D eigenvalue weighted by Gasteiger charge is 2.00. The second kappa shape index (κ2) is 15.0. The van der Waals surface area contributed by atoms with E-state index in [1.807, 2.05) is 0 Å². The van der Waals surface area contributed by atoms with Crippen LogP contribution in [0.3, 0.4) is 0 Å². The van der Waals surface area contributed by atoms with Gasteiger partial charge in [-0.2, -0.15) is 0 Å². The standard InChI is InChI=1S/C18H32N.CN/c1-3-5-7-8-9-10-11-15-19-16-13-18(14-17-19)12-6-4-2;1-2/h13-14,16-17H,3-12,15H2,1-2H3;/q+1;-1. The first-order valence-electron chi connectivity index (χ1n) is 8.57. The van der Waals surface area contributed by atoms with Crippen LogP contribution in [-0.4, -0.2) is 0 Å². The maximum absolute atomic E-state index is 6.25. The molecule has 0 aliphatic heterocycles. The maximum atomic E-state index is 6.25. The molecular weight excluding hydrogens is 256 g/mol. The van der Waals surface area contributed by atoms with Gasteiger partial charge in [0.05, 0.1) is 0 Å². The largest absolute Gasteiger partial charge is 0.512 e. The fraction of sp³-hybridized carbons (Fsp3) is 0.684. The predicted molar refractivity (Wildman–Crippen MR) is 88.2 cm³/mol. The molecule has 1 rings (SSSR count). The topological polar surface area (TPSA) is 27.7 Å². The highest BCUT2D eigenvalue weighted by Crippen LogP contribution is 2.07. The summed E-state index contributed by atoms with van der Waals surface area (Å²) in [5.74, 6) is 0. The van der Waals surface area contributed by atoms with Crippen LogP contribution in [0, 0.1) is 11.8 Å². The van der Waals surface area contributed by atoms with Gasteiger partial charge in [0.15, 0.2) is 12.4 Å². The molecule has 1 aromatic heterocycles. The summed E-state index contributed by atoms with van der Waals surface area (Å²) in [5.41, 5.74) is 1.48. The van der Waals surface area contributed by atoms with Gasteiger partial charge in [-0.05, 0) is 24.8 Å². The van der Waals surface area contributed by atoms with Gasteiger partial charge < -0.3 is 11.8 Å². The van der Waals surface area contributed by atoms with Crippen molar-refractivity contribution in [1.82, 2.24) is 0 Å². The van der Waals surface area contributed by atoms with E-state index in [-0.39, 0.29) is 0 Å². The average Bonchev–Trinajstić information content (AvgIpc) is 2.55. The van der Waals surface area contributed by atoms with Crippen LogP contribution >= 0.6 is 0 Å². The van der Waals surface area contributed by atoms with Crippen molar-refractivity contribution in [3.8, 4) is 0 Å². The number of rotatable bonds is 11. The summed E-state index contributed by atoms with van der Waals surface area (Å²) in [6, 6.07) is 4.58. The minimum absolute atomic E-state index is 1.18. The lowest BCUT2D eigenvalue weighted by atomic mass is 10.1. The molecule has 0 atom stereocenters. The molecule has 0 aliphatic carbocycles. The molecule has 0 spiro atoms. The van der Waals surface area contributed by atoms with Crippen LogP contribution in [0.5, 0.6) is 0 Å². The van der Waals surface area contributed by atoms with Gasteiger partial charge in [-0.25, -0.2) is 4.57 Å². The Hall–Kier alpha value is -1.36. The van der Waals surface area contributed by atoms with Crippen LogP contribution in [0.15, 0.2) is 24.5 Å². The maximum Gasteiger partial charge on any atom is 0.169 e. The SMILES string of the molecule is CCCCCCCCC[n+]1ccc(CCCC)cc1.[C-]#N. The molecule has 1 aromatic rings. The van der Waals surface area contributed by atoms with E-state index in [9.17, 15) is 0 Å². The van der Waals surface area contributed by atoms with E-state index in [0.29, 0.717) is 0 Å². The zero-order valence-electron chi connectivity index (χ0n) is 14.0. The van der Waals surface area contributed by atoms with Gasteiger partial charge in [0, 0.05) is 18.6 Å². The minimum Gasteiger partial charge on any atom is -0.512 e. The molecule has 0 radical (unpaired) electrons. The van der Waals surface area contributed by atoms with Crippen molar-refractivity contribution in [3.63, 3.8) is 0 Å². The van der Waals surface area contributed by atoms with Gasteiger partial charge >= 0.3 is 0 Å². The minimum atomic E-state index is 1.18. The molecule has 0 aromatic carbocycles. The summed E-state index contributed by atoms with van der Waals surface area (Å²) in [6.45, 7) is 10.5. The van der Waals surface area contributed by atoms with Crippen LogP contribution in [0.25, 0.3) is 0 Å². The molecule has 0 N–H and O–H groups in total. The Balaban J connectivity index is 0.00000191. The summed E-state index contributed by atoms with van der Waals surface area (Å²) in [6.07, 6.45) is 18.1. The molecule has 0 fully saturated rings. The first-order valence-corrected chi connectivity index (χ1v) is 8.57. The summed E-state index contributed by atoms with van der Waals surface area (Å²) >= 11 is 0. The van der Waals surface area contributed by atoms with Gasteiger partial charge in [-0.3, -0.25) is 0 Å². The molecule has 2 nitrogen and oxygen atoms in total. The molecule has 0 unspecified atom stereocenters. The summed E-state index contributed by atoms with van der Waals surface area (Å²) in [7, 11) is 0. The second-order valence-corrected chi connectivity index (χ2v) is 5.67. The van der Waals surface area contributed by atoms with Gasteiger partial charge in [0.2, 0.25) is 0 Å². The third-order valence-electron chi connectivity index (χ3n) is 3.80. The lowest BCUT2D eigenvalue weighted by Crippen LogP contribution is -2.32. The monoisotopic (exact) mass is 288 g/mol. The molecule has 0 amide bonds. The van der Waals surface area contributed by atoms with Gasteiger partial charge in [-0.15, -0.1) is 0 Å². The Morgan fingerprint density at radius 2 is 1.33 bits per heavy atom. The Labute approximate surface area is 131 Å². The Kier molecular flexibility index (Phi) is 14.1. The lowest BCUT2D eigenvalue weighted by Gasteiger charge is -2.01. The van der Waals surface area contributed by atoms with Crippen molar-refractivity contribution >= 4 is 0 Å². The van der Waals surface area contributed by atoms with Crippen molar-refractivity contribution < 1.29 is 4.57 Å². The Morgan fingerprint density at radius 3 is 1.90 bits per heavy atom. The van der Waals surface area contributed by atoms with Crippen molar-refractivity contribution in [2.75, 3.05) is 0 Å². The summed E-state index contributed by atoms with van der Waals surface area (Å²) in [5, 5.41) is 6.25. The predicted octanol–water partition coefficient (Wildman–Crippen LogP) is 5.16. The highest BCUT2D eigenvalue weighted by atomic mass is 14.9. The quantitative estimate of drug-likeness (QED) is 0.314. The molecule has 0 saturated carbocycles. The van der Waals surface area contributed by atoms with Crippen LogP contribution in [-0.2, 0) is 13.0 Å². The molecule has 0 saturated heterocycles. The smallest absolute Gasteiger partial charge is 0.169 e. The number of hydrogen-bond acceptors (Lipinski definition) is 1. The summed E-state index contributed by atoms with van der Waals surface area (Å²) in [4.78, 5) is 0. The highest BCUT2D eigenvalue weighted by molar-refractivity contribution is 5.06. The first-order chi connectivity index (χ1) is 10.4. The fourth-order valence-electron chi connectivity index (χ4n) is 2.44. The number of aryl methyl sites for hydroxylation is 2. The van der Waals surface area contributed by atoms with E-state index >= 15 is 0 Å². The third kappa shape index (κ3) is 11.0. The number of hydrogen-bond donors (Lipinski definition) is 0. The number of aromatic nitrogens is 1. The van der Waals surface area contributed by atoms with Crippen LogP contribution < -0.4 is 4.57 Å². The van der Waals surface area contributed by atoms with Crippen molar-refractivity contribution in [2.24, 2.45) is 0 Å². The number of unbranched alkanes of at least 4 members (excludes halogenated alkanes) is 7. The van der Waals surface area contributed by atoms with E-state index < -0.39 is 0 Å². The molecule has 118 valence electrons. The lowest BCUT2D eigenvalue weighted by molar-refractivity contribution is -0.697. The van der Waals surface area contributed by atoms with E-state index in [1.54, 1.807) is 0 Å². The van der Waals surface area contributed by atoms with Crippen molar-refractivity contribution in [3.05, 3.63) is 36.7 Å². The van der Waals surface area contributed by atoms with Crippen molar-refractivity contribution in [2.45, 2.75) is 84.6 Å². The normalized spacial score (nSPS) is 9.90. The second-order valence-electron chi connectivity index (χ2n) is 5.67. The number of nitrogens with zero attached hydrogens (tertiary/aromatic N) is 2. The fourth-order valence-corrected chi connectivity index (χ4v) is 2.44. The zero-order valence-corrected chi connectivity index (χ0v) is 14.0. The Morgan fingerprint density at radius 1 is 0.810 bits per heavy atom. The van der Waals surface area contributed by atoms with Gasteiger partial charge in [-0.1, -0.05) is 52.4 Å². The zero-order chi connectivity index (χ0) is 15.8. The van der Waals surface area contributed by atoms with Crippen LogP contribution in [0.2, 0.25) is 0 Å². The molecule has 0 bridgehead atoms. The first kappa shape index (κ1) is 19.6. The average molecular weight is 288 g/mol. The third-order valence-corrected chi connectivity index (χ3v) is 3.80. The van der Waals surface area contributed by atoms with E-state index in [4.69, 9.17) is 11.8 Å². The molecular formula is C19H32N2. The van der Waals surface area contributed by atoms with Gasteiger partial charge in [0.25, 0.3) is 0 Å². The van der Waals surface area contributed by atoms with E-state index in [1.165, 1.54) is 76.3 Å². The molecule has 1 heterocycles. The van der Waals surface area contributed by atoms with E-state index in [0.717, 1.165) is 0 Å².